The summed E-state index contributed by atoms with van der Waals surface area (Å²) >= 11 is 0. The first-order valence-electron chi connectivity index (χ1n) is 6.25. The number of carbonyl (C=O) groups is 2. The fourth-order valence-electron chi connectivity index (χ4n) is 1.59. The summed E-state index contributed by atoms with van der Waals surface area (Å²) in [6, 6.07) is 5.84. The molecule has 0 aliphatic heterocycles. The van der Waals surface area contributed by atoms with Crippen LogP contribution >= 0.6 is 0 Å². The lowest BCUT2D eigenvalue weighted by molar-refractivity contribution is -0.139. The standard InChI is InChI=1S/C14H20N2O4/c1-14(2,3)20-13(19)16-11(12(17)18)8-9-6-4-5-7-10(9)15/h4-7,11H,8,15H2,1-3H3,(H,16,19)(H,17,18)/t11-/m1/s1. The van der Waals surface area contributed by atoms with Crippen LogP contribution in [0.5, 0.6) is 0 Å². The minimum absolute atomic E-state index is 0.0985. The largest absolute Gasteiger partial charge is 0.480 e. The Morgan fingerprint density at radius 3 is 2.45 bits per heavy atom. The highest BCUT2D eigenvalue weighted by atomic mass is 16.6. The number of nitrogens with one attached hydrogen (secondary N) is 1. The van der Waals surface area contributed by atoms with Crippen LogP contribution in [0.25, 0.3) is 0 Å². The van der Waals surface area contributed by atoms with Gasteiger partial charge < -0.3 is 20.9 Å². The number of amides is 1. The lowest BCUT2D eigenvalue weighted by atomic mass is 10.0. The predicted molar refractivity (Wildman–Crippen MR) is 75.4 cm³/mol. The highest BCUT2D eigenvalue weighted by Gasteiger charge is 2.24. The van der Waals surface area contributed by atoms with E-state index in [4.69, 9.17) is 15.6 Å². The highest BCUT2D eigenvalue weighted by Crippen LogP contribution is 2.13. The molecule has 1 aromatic rings. The third kappa shape index (κ3) is 5.17. The Morgan fingerprint density at radius 1 is 1.35 bits per heavy atom. The van der Waals surface area contributed by atoms with Crippen LogP contribution in [0.2, 0.25) is 0 Å². The number of carboxylic acids is 1. The van der Waals surface area contributed by atoms with E-state index in [1.165, 1.54) is 0 Å². The maximum Gasteiger partial charge on any atom is 0.408 e. The van der Waals surface area contributed by atoms with Gasteiger partial charge in [-0.15, -0.1) is 0 Å². The van der Waals surface area contributed by atoms with Crippen LogP contribution in [0.1, 0.15) is 26.3 Å². The van der Waals surface area contributed by atoms with E-state index in [1.807, 2.05) is 0 Å². The summed E-state index contributed by atoms with van der Waals surface area (Å²) in [4.78, 5) is 22.8. The molecule has 0 saturated carbocycles. The van der Waals surface area contributed by atoms with Crippen molar-refractivity contribution in [1.29, 1.82) is 0 Å². The number of nitrogen functional groups attached to an aromatic ring is 1. The van der Waals surface area contributed by atoms with Crippen molar-refractivity contribution in [2.24, 2.45) is 0 Å². The number of carboxylic acid groups (broad SMARTS) is 1. The molecule has 1 atom stereocenters. The van der Waals surface area contributed by atoms with Gasteiger partial charge >= 0.3 is 12.1 Å². The smallest absolute Gasteiger partial charge is 0.408 e. The third-order valence-corrected chi connectivity index (χ3v) is 2.47. The molecule has 0 saturated heterocycles. The molecular weight excluding hydrogens is 260 g/mol. The Morgan fingerprint density at radius 2 is 1.95 bits per heavy atom. The molecule has 0 aliphatic carbocycles. The zero-order valence-corrected chi connectivity index (χ0v) is 11.8. The maximum atomic E-state index is 11.6. The molecule has 0 aliphatic rings. The molecule has 4 N–H and O–H groups in total. The first-order chi connectivity index (χ1) is 9.19. The molecule has 1 aromatic carbocycles. The fourth-order valence-corrected chi connectivity index (χ4v) is 1.59. The maximum absolute atomic E-state index is 11.6. The average Bonchev–Trinajstić information content (AvgIpc) is 2.28. The number of hydrogen-bond acceptors (Lipinski definition) is 4. The lowest BCUT2D eigenvalue weighted by Crippen LogP contribution is -2.44. The summed E-state index contributed by atoms with van der Waals surface area (Å²) in [5.74, 6) is -1.14. The van der Waals surface area contributed by atoms with Gasteiger partial charge in [-0.05, 0) is 32.4 Å². The van der Waals surface area contributed by atoms with Crippen LogP contribution < -0.4 is 11.1 Å². The summed E-state index contributed by atoms with van der Waals surface area (Å²) < 4.78 is 5.04. The van der Waals surface area contributed by atoms with E-state index < -0.39 is 23.7 Å². The molecule has 0 spiro atoms. The second kappa shape index (κ2) is 6.27. The Balaban J connectivity index is 2.74. The molecule has 0 fully saturated rings. The Hall–Kier alpha value is -2.24. The molecule has 0 radical (unpaired) electrons. The predicted octanol–water partition coefficient (Wildman–Crippen LogP) is 1.79. The first kappa shape index (κ1) is 15.8. The van der Waals surface area contributed by atoms with Gasteiger partial charge in [-0.3, -0.25) is 0 Å². The summed E-state index contributed by atoms with van der Waals surface area (Å²) in [5.41, 5.74) is 6.24. The van der Waals surface area contributed by atoms with Gasteiger partial charge in [0, 0.05) is 12.1 Å². The minimum Gasteiger partial charge on any atom is -0.480 e. The average molecular weight is 280 g/mol. The van der Waals surface area contributed by atoms with E-state index in [2.05, 4.69) is 5.32 Å². The molecular formula is C14H20N2O4. The minimum atomic E-state index is -1.14. The van der Waals surface area contributed by atoms with Crippen molar-refractivity contribution < 1.29 is 19.4 Å². The number of nitrogens with two attached hydrogens (primary N) is 1. The number of ether oxygens (including phenoxy) is 1. The van der Waals surface area contributed by atoms with Crippen LogP contribution in [-0.2, 0) is 16.0 Å². The number of hydrogen-bond donors (Lipinski definition) is 3. The van der Waals surface area contributed by atoms with E-state index in [0.717, 1.165) is 0 Å². The summed E-state index contributed by atoms with van der Waals surface area (Å²) in [6.07, 6.45) is -0.666. The van der Waals surface area contributed by atoms with Crippen molar-refractivity contribution in [3.8, 4) is 0 Å². The molecule has 0 heterocycles. The number of rotatable bonds is 4. The van der Waals surface area contributed by atoms with Crippen LogP contribution in [0.3, 0.4) is 0 Å². The Labute approximate surface area is 117 Å². The van der Waals surface area contributed by atoms with Gasteiger partial charge in [-0.25, -0.2) is 9.59 Å². The second-order valence-corrected chi connectivity index (χ2v) is 5.44. The van der Waals surface area contributed by atoms with E-state index >= 15 is 0 Å². The number of aliphatic carboxylic acids is 1. The van der Waals surface area contributed by atoms with Gasteiger partial charge in [0.25, 0.3) is 0 Å². The molecule has 1 amide bonds. The van der Waals surface area contributed by atoms with Gasteiger partial charge in [-0.1, -0.05) is 18.2 Å². The van der Waals surface area contributed by atoms with Crippen molar-refractivity contribution in [2.75, 3.05) is 5.73 Å². The molecule has 0 unspecified atom stereocenters. The lowest BCUT2D eigenvalue weighted by Gasteiger charge is -2.22. The fraction of sp³-hybridized carbons (Fsp3) is 0.429. The third-order valence-electron chi connectivity index (χ3n) is 2.47. The number of anilines is 1. The van der Waals surface area contributed by atoms with Crippen LogP contribution in [0.15, 0.2) is 24.3 Å². The summed E-state index contributed by atoms with van der Waals surface area (Å²) in [6.45, 7) is 5.12. The van der Waals surface area contributed by atoms with Gasteiger partial charge in [-0.2, -0.15) is 0 Å². The van der Waals surface area contributed by atoms with Gasteiger partial charge in [0.1, 0.15) is 11.6 Å². The van der Waals surface area contributed by atoms with Gasteiger partial charge in [0.2, 0.25) is 0 Å². The number of alkyl carbamates (subject to hydrolysis) is 1. The Kier molecular flexibility index (Phi) is 4.96. The summed E-state index contributed by atoms with van der Waals surface area (Å²) in [7, 11) is 0. The van der Waals surface area contributed by atoms with E-state index in [-0.39, 0.29) is 6.42 Å². The SMILES string of the molecule is CC(C)(C)OC(=O)N[C@H](Cc1ccccc1N)C(=O)O. The number of carbonyl (C=O) groups excluding carboxylic acids is 1. The topological polar surface area (TPSA) is 102 Å². The molecule has 0 bridgehead atoms. The molecule has 6 nitrogen and oxygen atoms in total. The normalized spacial score (nSPS) is 12.6. The highest BCUT2D eigenvalue weighted by molar-refractivity contribution is 5.80. The van der Waals surface area contributed by atoms with Crippen LogP contribution in [0, 0.1) is 0 Å². The summed E-state index contributed by atoms with van der Waals surface area (Å²) in [5, 5.41) is 11.5. The molecule has 110 valence electrons. The quantitative estimate of drug-likeness (QED) is 0.730. The molecule has 6 heteroatoms. The van der Waals surface area contributed by atoms with Crippen LogP contribution in [-0.4, -0.2) is 28.8 Å². The van der Waals surface area contributed by atoms with Crippen molar-refractivity contribution in [3.63, 3.8) is 0 Å². The van der Waals surface area contributed by atoms with Crippen molar-refractivity contribution >= 4 is 17.7 Å². The second-order valence-electron chi connectivity index (χ2n) is 5.44. The van der Waals surface area contributed by atoms with E-state index in [9.17, 15) is 9.59 Å². The first-order valence-corrected chi connectivity index (χ1v) is 6.25. The van der Waals surface area contributed by atoms with Crippen molar-refractivity contribution in [3.05, 3.63) is 29.8 Å². The van der Waals surface area contributed by atoms with Gasteiger partial charge in [0.05, 0.1) is 0 Å². The number of para-hydroxylation sites is 1. The van der Waals surface area contributed by atoms with Gasteiger partial charge in [0.15, 0.2) is 0 Å². The number of benzene rings is 1. The molecule has 20 heavy (non-hydrogen) atoms. The van der Waals surface area contributed by atoms with Crippen molar-refractivity contribution in [2.45, 2.75) is 38.8 Å². The zero-order valence-electron chi connectivity index (χ0n) is 11.8. The van der Waals surface area contributed by atoms with Crippen molar-refractivity contribution in [1.82, 2.24) is 5.32 Å². The Bertz CT molecular complexity index is 494. The zero-order chi connectivity index (χ0) is 15.3. The monoisotopic (exact) mass is 280 g/mol. The van der Waals surface area contributed by atoms with E-state index in [0.29, 0.717) is 11.3 Å². The molecule has 1 rings (SSSR count). The van der Waals surface area contributed by atoms with Crippen LogP contribution in [0.4, 0.5) is 10.5 Å². The van der Waals surface area contributed by atoms with E-state index in [1.54, 1.807) is 45.0 Å². The molecule has 0 aromatic heterocycles.